The van der Waals surface area contributed by atoms with E-state index in [1.807, 2.05) is 6.08 Å². The molecule has 0 fully saturated rings. The number of nitrogens with one attached hydrogen (secondary N) is 1. The van der Waals surface area contributed by atoms with Crippen LogP contribution in [0, 0.1) is 0 Å². The van der Waals surface area contributed by atoms with Gasteiger partial charge in [0.1, 0.15) is 11.4 Å². The highest BCUT2D eigenvalue weighted by Crippen LogP contribution is 2.21. The number of rotatable bonds is 6. The van der Waals surface area contributed by atoms with Gasteiger partial charge in [-0.25, -0.2) is 9.59 Å². The number of aromatic carboxylic acids is 1. The molecule has 0 aliphatic heterocycles. The van der Waals surface area contributed by atoms with Crippen molar-refractivity contribution in [3.05, 3.63) is 35.4 Å². The summed E-state index contributed by atoms with van der Waals surface area (Å²) in [7, 11) is 1.52. The second-order valence-corrected chi connectivity index (χ2v) is 5.88. The molecular weight excluding hydrogens is 298 g/mol. The largest absolute Gasteiger partial charge is 0.496 e. The number of amides is 1. The number of alkyl carbamates (subject to hydrolysis) is 1. The third-order valence-corrected chi connectivity index (χ3v) is 2.75. The minimum atomic E-state index is -0.992. The van der Waals surface area contributed by atoms with Gasteiger partial charge in [-0.3, -0.25) is 0 Å². The molecular formula is C17H23NO5. The Hall–Kier alpha value is -2.50. The van der Waals surface area contributed by atoms with E-state index >= 15 is 0 Å². The summed E-state index contributed by atoms with van der Waals surface area (Å²) in [5.41, 5.74) is 0.340. The fraction of sp³-hybridized carbons (Fsp3) is 0.412. The van der Waals surface area contributed by atoms with Gasteiger partial charge in [-0.2, -0.15) is 0 Å². The molecule has 1 aromatic rings. The highest BCUT2D eigenvalue weighted by Gasteiger charge is 2.15. The fourth-order valence-corrected chi connectivity index (χ4v) is 1.78. The molecule has 0 aromatic heterocycles. The molecule has 0 bridgehead atoms. The molecule has 0 saturated heterocycles. The lowest BCUT2D eigenvalue weighted by Crippen LogP contribution is -2.32. The van der Waals surface area contributed by atoms with E-state index in [1.165, 1.54) is 13.2 Å². The minimum Gasteiger partial charge on any atom is -0.496 e. The van der Waals surface area contributed by atoms with Crippen LogP contribution in [0.2, 0.25) is 0 Å². The summed E-state index contributed by atoms with van der Waals surface area (Å²) >= 11 is 0. The molecule has 2 N–H and O–H groups in total. The van der Waals surface area contributed by atoms with Gasteiger partial charge in [0, 0.05) is 12.1 Å². The van der Waals surface area contributed by atoms with E-state index in [2.05, 4.69) is 5.32 Å². The standard InChI is InChI=1S/C17H23NO5/c1-17(2,3)23-16(21)18-10-6-5-7-12-11-13(15(19)20)8-9-14(12)22-4/h5,7-9,11H,6,10H2,1-4H3,(H,18,21)(H,19,20). The molecule has 0 saturated carbocycles. The smallest absolute Gasteiger partial charge is 0.407 e. The highest BCUT2D eigenvalue weighted by molar-refractivity contribution is 5.88. The molecule has 0 heterocycles. The lowest BCUT2D eigenvalue weighted by molar-refractivity contribution is 0.0528. The number of carboxylic acid groups (broad SMARTS) is 1. The van der Waals surface area contributed by atoms with Crippen LogP contribution in [-0.2, 0) is 4.74 Å². The molecule has 126 valence electrons. The molecule has 0 atom stereocenters. The van der Waals surface area contributed by atoms with Gasteiger partial charge in [0.25, 0.3) is 0 Å². The van der Waals surface area contributed by atoms with Crippen LogP contribution in [-0.4, -0.2) is 36.4 Å². The monoisotopic (exact) mass is 321 g/mol. The summed E-state index contributed by atoms with van der Waals surface area (Å²) in [4.78, 5) is 22.5. The van der Waals surface area contributed by atoms with Gasteiger partial charge in [-0.15, -0.1) is 0 Å². The number of methoxy groups -OCH3 is 1. The first-order valence-electron chi connectivity index (χ1n) is 7.27. The summed E-state index contributed by atoms with van der Waals surface area (Å²) in [6, 6.07) is 4.64. The van der Waals surface area contributed by atoms with Crippen molar-refractivity contribution >= 4 is 18.1 Å². The van der Waals surface area contributed by atoms with Crippen LogP contribution >= 0.6 is 0 Å². The number of benzene rings is 1. The lowest BCUT2D eigenvalue weighted by atomic mass is 10.1. The van der Waals surface area contributed by atoms with Crippen LogP contribution in [0.1, 0.15) is 43.1 Å². The maximum atomic E-state index is 11.5. The third kappa shape index (κ3) is 6.86. The first-order chi connectivity index (χ1) is 10.7. The van der Waals surface area contributed by atoms with E-state index in [-0.39, 0.29) is 5.56 Å². The van der Waals surface area contributed by atoms with Crippen LogP contribution in [0.15, 0.2) is 24.3 Å². The Morgan fingerprint density at radius 1 is 1.30 bits per heavy atom. The molecule has 0 aliphatic carbocycles. The van der Waals surface area contributed by atoms with E-state index < -0.39 is 17.7 Å². The Morgan fingerprint density at radius 2 is 2.00 bits per heavy atom. The zero-order valence-corrected chi connectivity index (χ0v) is 13.9. The van der Waals surface area contributed by atoms with E-state index in [4.69, 9.17) is 14.6 Å². The SMILES string of the molecule is COc1ccc(C(=O)O)cc1C=CCCNC(=O)OC(C)(C)C. The first-order valence-corrected chi connectivity index (χ1v) is 7.27. The zero-order chi connectivity index (χ0) is 17.5. The third-order valence-electron chi connectivity index (χ3n) is 2.75. The van der Waals surface area contributed by atoms with Gasteiger partial charge in [0.05, 0.1) is 12.7 Å². The summed E-state index contributed by atoms with van der Waals surface area (Å²) in [5, 5.41) is 11.7. The predicted octanol–water partition coefficient (Wildman–Crippen LogP) is 3.32. The minimum absolute atomic E-state index is 0.192. The van der Waals surface area contributed by atoms with E-state index in [0.717, 1.165) is 0 Å². The van der Waals surface area contributed by atoms with Crippen molar-refractivity contribution in [2.45, 2.75) is 32.8 Å². The highest BCUT2D eigenvalue weighted by atomic mass is 16.6. The van der Waals surface area contributed by atoms with Crippen LogP contribution in [0.5, 0.6) is 5.75 Å². The predicted molar refractivity (Wildman–Crippen MR) is 87.8 cm³/mol. The lowest BCUT2D eigenvalue weighted by Gasteiger charge is -2.19. The normalized spacial score (nSPS) is 11.3. The summed E-state index contributed by atoms with van der Waals surface area (Å²) in [6.45, 7) is 5.82. The van der Waals surface area contributed by atoms with Crippen LogP contribution in [0.25, 0.3) is 6.08 Å². The van der Waals surface area contributed by atoms with E-state index in [0.29, 0.717) is 24.3 Å². The van der Waals surface area contributed by atoms with E-state index in [9.17, 15) is 9.59 Å². The number of hydrogen-bond acceptors (Lipinski definition) is 4. The van der Waals surface area contributed by atoms with Crippen molar-refractivity contribution in [1.29, 1.82) is 0 Å². The second kappa shape index (κ2) is 8.22. The molecule has 6 heteroatoms. The van der Waals surface area contributed by atoms with Crippen LogP contribution in [0.3, 0.4) is 0 Å². The van der Waals surface area contributed by atoms with Crippen LogP contribution in [0.4, 0.5) is 4.79 Å². The molecule has 1 aromatic carbocycles. The summed E-state index contributed by atoms with van der Waals surface area (Å²) in [6.07, 6.45) is 3.72. The molecule has 0 spiro atoms. The summed E-state index contributed by atoms with van der Waals surface area (Å²) in [5.74, 6) is -0.403. The average molecular weight is 321 g/mol. The molecule has 0 radical (unpaired) electrons. The van der Waals surface area contributed by atoms with Crippen molar-refractivity contribution in [3.8, 4) is 5.75 Å². The second-order valence-electron chi connectivity index (χ2n) is 5.88. The number of carbonyl (C=O) groups excluding carboxylic acids is 1. The summed E-state index contributed by atoms with van der Waals surface area (Å²) < 4.78 is 10.3. The van der Waals surface area contributed by atoms with E-state index in [1.54, 1.807) is 39.0 Å². The fourth-order valence-electron chi connectivity index (χ4n) is 1.78. The topological polar surface area (TPSA) is 84.9 Å². The van der Waals surface area contributed by atoms with Gasteiger partial charge < -0.3 is 19.9 Å². The maximum Gasteiger partial charge on any atom is 0.407 e. The van der Waals surface area contributed by atoms with Gasteiger partial charge in [0.15, 0.2) is 0 Å². The Morgan fingerprint density at radius 3 is 2.57 bits per heavy atom. The van der Waals surface area contributed by atoms with Gasteiger partial charge in [0.2, 0.25) is 0 Å². The number of hydrogen-bond donors (Lipinski definition) is 2. The van der Waals surface area contributed by atoms with Gasteiger partial charge in [-0.05, 0) is 45.4 Å². The van der Waals surface area contributed by atoms with Crippen molar-refractivity contribution < 1.29 is 24.2 Å². The number of carboxylic acids is 1. The Balaban J connectivity index is 2.56. The van der Waals surface area contributed by atoms with Crippen molar-refractivity contribution in [2.24, 2.45) is 0 Å². The maximum absolute atomic E-state index is 11.5. The van der Waals surface area contributed by atoms with Crippen molar-refractivity contribution in [1.82, 2.24) is 5.32 Å². The molecule has 23 heavy (non-hydrogen) atoms. The zero-order valence-electron chi connectivity index (χ0n) is 13.9. The Bertz CT molecular complexity index is 587. The molecule has 6 nitrogen and oxygen atoms in total. The van der Waals surface area contributed by atoms with Crippen molar-refractivity contribution in [2.75, 3.05) is 13.7 Å². The van der Waals surface area contributed by atoms with Gasteiger partial charge >= 0.3 is 12.1 Å². The van der Waals surface area contributed by atoms with Crippen LogP contribution < -0.4 is 10.1 Å². The quantitative estimate of drug-likeness (QED) is 0.785. The first kappa shape index (κ1) is 18.5. The number of ether oxygens (including phenoxy) is 2. The Kier molecular flexibility index (Phi) is 6.63. The molecule has 0 aliphatic rings. The Labute approximate surface area is 136 Å². The molecule has 0 unspecified atom stereocenters. The average Bonchev–Trinajstić information content (AvgIpc) is 2.44. The van der Waals surface area contributed by atoms with Crippen molar-refractivity contribution in [3.63, 3.8) is 0 Å². The number of carbonyl (C=O) groups is 2. The molecule has 1 amide bonds. The van der Waals surface area contributed by atoms with Gasteiger partial charge in [-0.1, -0.05) is 12.2 Å². The molecule has 1 rings (SSSR count).